The molecule has 0 fully saturated rings. The lowest BCUT2D eigenvalue weighted by Gasteiger charge is -2.16. The minimum atomic E-state index is 0.0470. The molecule has 4 rings (SSSR count). The molecule has 0 aliphatic carbocycles. The summed E-state index contributed by atoms with van der Waals surface area (Å²) in [7, 11) is 1.85. The quantitative estimate of drug-likeness (QED) is 0.506. The van der Waals surface area contributed by atoms with Gasteiger partial charge in [-0.05, 0) is 24.1 Å². The van der Waals surface area contributed by atoms with Crippen molar-refractivity contribution in [3.05, 3.63) is 88.4 Å². The average molecular weight is 375 g/mol. The van der Waals surface area contributed by atoms with Crippen LogP contribution in [0.15, 0.2) is 66.7 Å². The van der Waals surface area contributed by atoms with Gasteiger partial charge in [0.25, 0.3) is 5.91 Å². The predicted molar refractivity (Wildman–Crippen MR) is 110 cm³/mol. The molecule has 2 aromatic carbocycles. The molecule has 0 unspecified atom stereocenters. The summed E-state index contributed by atoms with van der Waals surface area (Å²) in [6.45, 7) is 3.31. The second kappa shape index (κ2) is 7.37. The third kappa shape index (κ3) is 3.64. The van der Waals surface area contributed by atoms with E-state index in [9.17, 15) is 4.79 Å². The Morgan fingerprint density at radius 1 is 1.04 bits per heavy atom. The van der Waals surface area contributed by atoms with Gasteiger partial charge >= 0.3 is 0 Å². The zero-order valence-corrected chi connectivity index (χ0v) is 16.2. The minimum absolute atomic E-state index is 0.0470. The Kier molecular flexibility index (Phi) is 4.77. The second-order valence-corrected chi connectivity index (χ2v) is 7.74. The number of thiophene rings is 1. The topological polar surface area (TPSA) is 38.1 Å². The van der Waals surface area contributed by atoms with Crippen LogP contribution in [0, 0.1) is 6.92 Å². The predicted octanol–water partition coefficient (Wildman–Crippen LogP) is 4.73. The monoisotopic (exact) mass is 375 g/mol. The van der Waals surface area contributed by atoms with E-state index in [-0.39, 0.29) is 5.91 Å². The maximum atomic E-state index is 12.9. The lowest BCUT2D eigenvalue weighted by atomic mass is 10.2. The molecule has 0 bridgehead atoms. The Bertz CT molecular complexity index is 1070. The highest BCUT2D eigenvalue weighted by atomic mass is 32.1. The van der Waals surface area contributed by atoms with Gasteiger partial charge in [-0.15, -0.1) is 11.3 Å². The molecule has 0 spiro atoms. The zero-order valence-electron chi connectivity index (χ0n) is 15.4. The van der Waals surface area contributed by atoms with Crippen LogP contribution in [-0.2, 0) is 13.1 Å². The Balaban J connectivity index is 1.59. The molecular formula is C22H21N3OS. The highest BCUT2D eigenvalue weighted by Crippen LogP contribution is 2.29. The van der Waals surface area contributed by atoms with Crippen molar-refractivity contribution in [1.29, 1.82) is 0 Å². The number of amides is 1. The molecule has 5 heteroatoms. The Labute approximate surface area is 162 Å². The van der Waals surface area contributed by atoms with Crippen LogP contribution >= 0.6 is 11.3 Å². The normalized spacial score (nSPS) is 11.0. The summed E-state index contributed by atoms with van der Waals surface area (Å²) < 4.78 is 2.00. The number of hydrogen-bond acceptors (Lipinski definition) is 3. The second-order valence-electron chi connectivity index (χ2n) is 6.70. The maximum Gasteiger partial charge on any atom is 0.264 e. The Morgan fingerprint density at radius 3 is 2.33 bits per heavy atom. The van der Waals surface area contributed by atoms with Crippen molar-refractivity contribution in [1.82, 2.24) is 14.7 Å². The fourth-order valence-corrected chi connectivity index (χ4v) is 4.35. The van der Waals surface area contributed by atoms with Crippen molar-refractivity contribution >= 4 is 27.5 Å². The van der Waals surface area contributed by atoms with Crippen LogP contribution in [0.25, 0.3) is 10.2 Å². The highest BCUT2D eigenvalue weighted by Gasteiger charge is 2.19. The molecule has 0 N–H and O–H groups in total. The number of carbonyl (C=O) groups is 1. The van der Waals surface area contributed by atoms with E-state index in [1.807, 2.05) is 73.3 Å². The molecule has 4 nitrogen and oxygen atoms in total. The van der Waals surface area contributed by atoms with Crippen LogP contribution in [-0.4, -0.2) is 27.6 Å². The molecule has 0 saturated carbocycles. The number of aryl methyl sites for hydroxylation is 1. The van der Waals surface area contributed by atoms with Crippen LogP contribution in [0.2, 0.25) is 0 Å². The van der Waals surface area contributed by atoms with E-state index in [1.54, 1.807) is 4.90 Å². The lowest BCUT2D eigenvalue weighted by Crippen LogP contribution is -2.25. The molecule has 4 aromatic rings. The van der Waals surface area contributed by atoms with Gasteiger partial charge in [0.15, 0.2) is 0 Å². The number of fused-ring (bicyclic) bond motifs is 1. The van der Waals surface area contributed by atoms with Gasteiger partial charge in [-0.1, -0.05) is 60.7 Å². The fourth-order valence-electron chi connectivity index (χ4n) is 3.20. The molecule has 0 aliphatic heterocycles. The van der Waals surface area contributed by atoms with E-state index in [4.69, 9.17) is 0 Å². The number of nitrogens with zero attached hydrogens (tertiary/aromatic N) is 3. The summed E-state index contributed by atoms with van der Waals surface area (Å²) in [5.74, 6) is 0.0470. The standard InChI is InChI=1S/C22H21N3OS/c1-16-19-13-20(21(26)24(2)14-17-9-5-3-6-10-17)27-22(19)25(23-16)15-18-11-7-4-8-12-18/h3-13H,14-15H2,1-2H3. The highest BCUT2D eigenvalue weighted by molar-refractivity contribution is 7.20. The third-order valence-corrected chi connectivity index (χ3v) is 5.74. The first-order valence-corrected chi connectivity index (χ1v) is 9.74. The molecule has 2 aromatic heterocycles. The Morgan fingerprint density at radius 2 is 1.67 bits per heavy atom. The summed E-state index contributed by atoms with van der Waals surface area (Å²) in [5, 5.41) is 5.72. The van der Waals surface area contributed by atoms with Crippen LogP contribution < -0.4 is 0 Å². The largest absolute Gasteiger partial charge is 0.337 e. The molecule has 1 amide bonds. The molecule has 0 radical (unpaired) electrons. The van der Waals surface area contributed by atoms with Crippen LogP contribution in [0.5, 0.6) is 0 Å². The lowest BCUT2D eigenvalue weighted by molar-refractivity contribution is 0.0790. The summed E-state index contributed by atoms with van der Waals surface area (Å²) in [6, 6.07) is 22.3. The molecule has 0 aliphatic rings. The summed E-state index contributed by atoms with van der Waals surface area (Å²) in [5.41, 5.74) is 3.28. The van der Waals surface area contributed by atoms with Crippen molar-refractivity contribution in [3.8, 4) is 0 Å². The van der Waals surface area contributed by atoms with Crippen molar-refractivity contribution in [2.45, 2.75) is 20.0 Å². The average Bonchev–Trinajstić information content (AvgIpc) is 3.24. The first-order valence-electron chi connectivity index (χ1n) is 8.92. The van der Waals surface area contributed by atoms with E-state index < -0.39 is 0 Å². The van der Waals surface area contributed by atoms with E-state index in [0.29, 0.717) is 13.1 Å². The number of carbonyl (C=O) groups excluding carboxylic acids is 1. The van der Waals surface area contributed by atoms with Gasteiger partial charge in [0.05, 0.1) is 17.1 Å². The van der Waals surface area contributed by atoms with E-state index in [2.05, 4.69) is 17.2 Å². The summed E-state index contributed by atoms with van der Waals surface area (Å²) in [4.78, 5) is 16.5. The summed E-state index contributed by atoms with van der Waals surface area (Å²) >= 11 is 1.52. The van der Waals surface area contributed by atoms with Gasteiger partial charge < -0.3 is 4.90 Å². The van der Waals surface area contributed by atoms with Crippen molar-refractivity contribution < 1.29 is 4.79 Å². The Hall–Kier alpha value is -2.92. The molecule has 136 valence electrons. The number of rotatable bonds is 5. The van der Waals surface area contributed by atoms with E-state index in [1.165, 1.54) is 16.9 Å². The molecule has 0 saturated heterocycles. The van der Waals surface area contributed by atoms with Gasteiger partial charge in [0.1, 0.15) is 4.83 Å². The van der Waals surface area contributed by atoms with Gasteiger partial charge in [-0.2, -0.15) is 5.10 Å². The zero-order chi connectivity index (χ0) is 18.8. The maximum absolute atomic E-state index is 12.9. The van der Waals surface area contributed by atoms with E-state index in [0.717, 1.165) is 26.4 Å². The first kappa shape index (κ1) is 17.5. The first-order chi connectivity index (χ1) is 13.1. The smallest absolute Gasteiger partial charge is 0.264 e. The van der Waals surface area contributed by atoms with Crippen molar-refractivity contribution in [2.75, 3.05) is 7.05 Å². The molecular weight excluding hydrogens is 354 g/mol. The van der Waals surface area contributed by atoms with Gasteiger partial charge in [0, 0.05) is 19.0 Å². The summed E-state index contributed by atoms with van der Waals surface area (Å²) in [6.07, 6.45) is 0. The van der Waals surface area contributed by atoms with Crippen molar-refractivity contribution in [2.24, 2.45) is 0 Å². The van der Waals surface area contributed by atoms with Crippen LogP contribution in [0.4, 0.5) is 0 Å². The minimum Gasteiger partial charge on any atom is -0.337 e. The van der Waals surface area contributed by atoms with Gasteiger partial charge in [0.2, 0.25) is 0 Å². The van der Waals surface area contributed by atoms with Gasteiger partial charge in [-0.25, -0.2) is 0 Å². The van der Waals surface area contributed by atoms with Crippen LogP contribution in [0.3, 0.4) is 0 Å². The number of benzene rings is 2. The van der Waals surface area contributed by atoms with Gasteiger partial charge in [-0.3, -0.25) is 9.48 Å². The third-order valence-electron chi connectivity index (χ3n) is 4.60. The fraction of sp³-hybridized carbons (Fsp3) is 0.182. The molecule has 0 atom stereocenters. The molecule has 27 heavy (non-hydrogen) atoms. The van der Waals surface area contributed by atoms with E-state index >= 15 is 0 Å². The SMILES string of the molecule is Cc1nn(Cc2ccccc2)c2sc(C(=O)N(C)Cc3ccccc3)cc12. The van der Waals surface area contributed by atoms with Crippen molar-refractivity contribution in [3.63, 3.8) is 0 Å². The van der Waals surface area contributed by atoms with Crippen LogP contribution in [0.1, 0.15) is 26.5 Å². The number of aromatic nitrogens is 2. The molecule has 2 heterocycles. The number of hydrogen-bond donors (Lipinski definition) is 0.